The molecular formula is C20H19F6N7O2. The second-order valence-corrected chi connectivity index (χ2v) is 7.99. The van der Waals surface area contributed by atoms with E-state index in [2.05, 4.69) is 30.5 Å². The summed E-state index contributed by atoms with van der Waals surface area (Å²) in [4.78, 5) is 12.1. The Hall–Kier alpha value is -3.49. The van der Waals surface area contributed by atoms with E-state index in [9.17, 15) is 31.4 Å². The lowest BCUT2D eigenvalue weighted by molar-refractivity contribution is -0.277. The standard InChI is InChI=1S/C20H19F6N7O2/c21-19(22,23)10-9-11(27)13-16-32-33-17(35-16)18(34,20(24,25)26)6-3-1-2-5-12(30-14(10)31-13)15-28-7-4-8-29-15/h4,7-9,12,34H,1-3,5-6,27H2,(H,30,31)/t12?,18-/m1/s1. The molecule has 188 valence electrons. The zero-order valence-corrected chi connectivity index (χ0v) is 17.9. The van der Waals surface area contributed by atoms with Gasteiger partial charge in [-0.1, -0.05) is 12.8 Å². The second-order valence-electron chi connectivity index (χ2n) is 7.99. The number of nitrogen functional groups attached to an aromatic ring is 1. The molecule has 15 heteroatoms. The molecule has 9 nitrogen and oxygen atoms in total. The highest BCUT2D eigenvalue weighted by Gasteiger charge is 2.58. The van der Waals surface area contributed by atoms with Gasteiger partial charge >= 0.3 is 12.4 Å². The van der Waals surface area contributed by atoms with Gasteiger partial charge in [-0.25, -0.2) is 15.0 Å². The Balaban J connectivity index is 1.88. The van der Waals surface area contributed by atoms with Crippen molar-refractivity contribution in [2.45, 2.75) is 56.1 Å². The summed E-state index contributed by atoms with van der Waals surface area (Å²) in [7, 11) is 0. The number of alkyl halides is 6. The normalized spacial score (nSPS) is 21.7. The van der Waals surface area contributed by atoms with Crippen LogP contribution in [0.1, 0.15) is 55.4 Å². The van der Waals surface area contributed by atoms with Crippen LogP contribution in [0.5, 0.6) is 0 Å². The van der Waals surface area contributed by atoms with Crippen LogP contribution in [0.15, 0.2) is 28.9 Å². The van der Waals surface area contributed by atoms with Crippen LogP contribution in [0.25, 0.3) is 11.6 Å². The van der Waals surface area contributed by atoms with Gasteiger partial charge in [0.2, 0.25) is 5.60 Å². The van der Waals surface area contributed by atoms with Gasteiger partial charge in [0.25, 0.3) is 11.8 Å². The zero-order chi connectivity index (χ0) is 25.4. The molecule has 0 saturated heterocycles. The highest BCUT2D eigenvalue weighted by molar-refractivity contribution is 5.71. The van der Waals surface area contributed by atoms with Crippen LogP contribution in [0.3, 0.4) is 0 Å². The van der Waals surface area contributed by atoms with Crippen LogP contribution in [0, 0.1) is 0 Å². The molecule has 0 fully saturated rings. The number of rotatable bonds is 1. The number of fused-ring (bicyclic) bond motifs is 5. The maximum atomic E-state index is 13.8. The molecule has 0 aromatic carbocycles. The van der Waals surface area contributed by atoms with Crippen LogP contribution in [-0.4, -0.2) is 36.4 Å². The fourth-order valence-electron chi connectivity index (χ4n) is 3.71. The van der Waals surface area contributed by atoms with Gasteiger partial charge in [-0.05, 0) is 31.4 Å². The van der Waals surface area contributed by atoms with Crippen molar-refractivity contribution in [2.24, 2.45) is 0 Å². The van der Waals surface area contributed by atoms with E-state index in [-0.39, 0.29) is 31.5 Å². The summed E-state index contributed by atoms with van der Waals surface area (Å²) in [5, 5.41) is 19.9. The molecule has 3 aromatic heterocycles. The molecule has 1 aliphatic rings. The van der Waals surface area contributed by atoms with Gasteiger partial charge in [-0.2, -0.15) is 26.3 Å². The van der Waals surface area contributed by atoms with Crippen LogP contribution in [0.2, 0.25) is 0 Å². The van der Waals surface area contributed by atoms with Gasteiger partial charge in [0.15, 0.2) is 5.69 Å². The molecule has 0 amide bonds. The number of hydrogen-bond acceptors (Lipinski definition) is 9. The predicted octanol–water partition coefficient (Wildman–Crippen LogP) is 4.39. The summed E-state index contributed by atoms with van der Waals surface area (Å²) in [5.41, 5.74) is 0.0377. The third kappa shape index (κ3) is 4.85. The number of anilines is 2. The van der Waals surface area contributed by atoms with Crippen molar-refractivity contribution < 1.29 is 35.9 Å². The average molecular weight is 503 g/mol. The quantitative estimate of drug-likeness (QED) is 0.413. The number of nitrogens with zero attached hydrogens (tertiary/aromatic N) is 5. The van der Waals surface area contributed by atoms with E-state index in [0.717, 1.165) is 0 Å². The summed E-state index contributed by atoms with van der Waals surface area (Å²) in [6.07, 6.45) is -7.40. The number of aliphatic hydroxyl groups is 1. The minimum atomic E-state index is -5.15. The number of halogens is 6. The molecule has 0 aliphatic carbocycles. The Labute approximate surface area is 193 Å². The van der Waals surface area contributed by atoms with E-state index in [1.54, 1.807) is 0 Å². The van der Waals surface area contributed by atoms with Crippen molar-refractivity contribution in [1.82, 2.24) is 25.1 Å². The average Bonchev–Trinajstić information content (AvgIpc) is 3.27. The van der Waals surface area contributed by atoms with Crippen LogP contribution in [-0.2, 0) is 11.8 Å². The fraction of sp³-hybridized carbons (Fsp3) is 0.450. The minimum absolute atomic E-state index is 0.0877. The highest BCUT2D eigenvalue weighted by atomic mass is 19.4. The molecule has 4 rings (SSSR count). The Morgan fingerprint density at radius 2 is 1.77 bits per heavy atom. The summed E-state index contributed by atoms with van der Waals surface area (Å²) in [5.74, 6) is -2.33. The molecule has 2 atom stereocenters. The molecule has 0 radical (unpaired) electrons. The van der Waals surface area contributed by atoms with E-state index in [0.29, 0.717) is 6.07 Å². The molecule has 35 heavy (non-hydrogen) atoms. The minimum Gasteiger partial charge on any atom is -0.416 e. The number of nitrogens with one attached hydrogen (secondary N) is 1. The number of hydrogen-bond donors (Lipinski definition) is 3. The van der Waals surface area contributed by atoms with Crippen molar-refractivity contribution in [3.63, 3.8) is 0 Å². The molecule has 4 heterocycles. The second kappa shape index (κ2) is 8.94. The van der Waals surface area contributed by atoms with Gasteiger partial charge in [0.1, 0.15) is 11.6 Å². The molecule has 4 N–H and O–H groups in total. The Kier molecular flexibility index (Phi) is 6.29. The predicted molar refractivity (Wildman–Crippen MR) is 108 cm³/mol. The maximum Gasteiger partial charge on any atom is 0.426 e. The monoisotopic (exact) mass is 503 g/mol. The number of pyridine rings is 1. The summed E-state index contributed by atoms with van der Waals surface area (Å²) >= 11 is 0. The molecule has 4 bridgehead atoms. The van der Waals surface area contributed by atoms with Gasteiger partial charge in [-0.3, -0.25) is 0 Å². The van der Waals surface area contributed by atoms with Crippen LogP contribution in [0.4, 0.5) is 37.8 Å². The van der Waals surface area contributed by atoms with Crippen molar-refractivity contribution in [2.75, 3.05) is 11.1 Å². The lowest BCUT2D eigenvalue weighted by Crippen LogP contribution is -2.42. The van der Waals surface area contributed by atoms with Crippen molar-refractivity contribution in [3.05, 3.63) is 41.8 Å². The number of nitrogens with two attached hydrogens (primary N) is 1. The lowest BCUT2D eigenvalue weighted by atomic mass is 9.94. The summed E-state index contributed by atoms with van der Waals surface area (Å²) in [6.45, 7) is 0. The molecule has 0 saturated carbocycles. The van der Waals surface area contributed by atoms with Crippen molar-refractivity contribution in [3.8, 4) is 11.6 Å². The SMILES string of the molecule is Nc1cc(C(F)(F)F)c2nc1-c1nnc(o1)[C@@](O)(C(F)(F)F)CCCCCC(c1ncccn1)N2. The highest BCUT2D eigenvalue weighted by Crippen LogP contribution is 2.44. The maximum absolute atomic E-state index is 13.8. The lowest BCUT2D eigenvalue weighted by Gasteiger charge is -2.27. The third-order valence-electron chi connectivity index (χ3n) is 5.55. The summed E-state index contributed by atoms with van der Waals surface area (Å²) < 4.78 is 87.7. The van der Waals surface area contributed by atoms with E-state index in [4.69, 9.17) is 10.2 Å². The molecule has 1 unspecified atom stereocenters. The van der Waals surface area contributed by atoms with E-state index < -0.39 is 65.0 Å². The van der Waals surface area contributed by atoms with E-state index >= 15 is 0 Å². The van der Waals surface area contributed by atoms with E-state index in [1.165, 1.54) is 18.5 Å². The van der Waals surface area contributed by atoms with Gasteiger partial charge < -0.3 is 20.6 Å². The Bertz CT molecular complexity index is 1180. The van der Waals surface area contributed by atoms with Gasteiger partial charge in [-0.15, -0.1) is 10.2 Å². The smallest absolute Gasteiger partial charge is 0.416 e. The summed E-state index contributed by atoms with van der Waals surface area (Å²) in [6, 6.07) is 1.24. The fourth-order valence-corrected chi connectivity index (χ4v) is 3.71. The molecular weight excluding hydrogens is 484 g/mol. The first-order chi connectivity index (χ1) is 16.4. The largest absolute Gasteiger partial charge is 0.426 e. The first kappa shape index (κ1) is 24.6. The van der Waals surface area contributed by atoms with Crippen molar-refractivity contribution in [1.29, 1.82) is 0 Å². The molecule has 1 aliphatic heterocycles. The molecule has 3 aromatic rings. The zero-order valence-electron chi connectivity index (χ0n) is 17.9. The van der Waals surface area contributed by atoms with Crippen molar-refractivity contribution >= 4 is 11.5 Å². The molecule has 0 spiro atoms. The third-order valence-corrected chi connectivity index (χ3v) is 5.55. The van der Waals surface area contributed by atoms with E-state index in [1.807, 2.05) is 0 Å². The Morgan fingerprint density at radius 1 is 1.06 bits per heavy atom. The number of aromatic nitrogens is 5. The van der Waals surface area contributed by atoms with Gasteiger partial charge in [0, 0.05) is 12.4 Å². The Morgan fingerprint density at radius 3 is 2.43 bits per heavy atom. The van der Waals surface area contributed by atoms with Gasteiger partial charge in [0.05, 0.1) is 17.3 Å². The first-order valence-electron chi connectivity index (χ1n) is 10.4. The first-order valence-corrected chi connectivity index (χ1v) is 10.4. The van der Waals surface area contributed by atoms with Crippen LogP contribution >= 0.6 is 0 Å². The van der Waals surface area contributed by atoms with Crippen LogP contribution < -0.4 is 11.1 Å². The topological polar surface area (TPSA) is 136 Å².